The highest BCUT2D eigenvalue weighted by atomic mass is 32.2. The first kappa shape index (κ1) is 14.0. The van der Waals surface area contributed by atoms with E-state index >= 15 is 0 Å². The highest BCUT2D eigenvalue weighted by Crippen LogP contribution is 2.03. The number of anilines is 1. The lowest BCUT2D eigenvalue weighted by Crippen LogP contribution is -2.17. The van der Waals surface area contributed by atoms with Crippen LogP contribution in [0.2, 0.25) is 0 Å². The number of nitrogens with one attached hydrogen (secondary N) is 1. The van der Waals surface area contributed by atoms with E-state index in [2.05, 4.69) is 15.3 Å². The summed E-state index contributed by atoms with van der Waals surface area (Å²) in [5.41, 5.74) is 6.02. The summed E-state index contributed by atoms with van der Waals surface area (Å²) in [6, 6.07) is 1.66. The molecule has 1 aromatic rings. The third-order valence-electron chi connectivity index (χ3n) is 2.31. The van der Waals surface area contributed by atoms with Crippen LogP contribution >= 0.6 is 12.2 Å². The molecule has 5 nitrogen and oxygen atoms in total. The van der Waals surface area contributed by atoms with Crippen molar-refractivity contribution in [2.24, 2.45) is 5.73 Å². The van der Waals surface area contributed by atoms with E-state index in [4.69, 9.17) is 18.0 Å². The highest BCUT2D eigenvalue weighted by Gasteiger charge is 2.06. The Kier molecular flexibility index (Phi) is 5.43. The molecule has 0 saturated heterocycles. The van der Waals surface area contributed by atoms with Crippen molar-refractivity contribution < 1.29 is 4.21 Å². The number of hydrogen-bond donors (Lipinski definition) is 2. The molecule has 2 unspecified atom stereocenters. The van der Waals surface area contributed by atoms with E-state index in [1.807, 2.05) is 6.92 Å². The molecule has 0 aliphatic carbocycles. The van der Waals surface area contributed by atoms with E-state index < -0.39 is 10.8 Å². The molecule has 7 heteroatoms. The van der Waals surface area contributed by atoms with Gasteiger partial charge in [-0.1, -0.05) is 19.1 Å². The van der Waals surface area contributed by atoms with Crippen LogP contribution < -0.4 is 11.1 Å². The molecule has 0 radical (unpaired) electrons. The van der Waals surface area contributed by atoms with Crippen molar-refractivity contribution in [1.29, 1.82) is 0 Å². The van der Waals surface area contributed by atoms with Gasteiger partial charge in [0.05, 0.1) is 0 Å². The average Bonchev–Trinajstić information content (AvgIpc) is 2.29. The number of hydrogen-bond acceptors (Lipinski definition) is 5. The molecule has 1 rings (SSSR count). The fourth-order valence-corrected chi connectivity index (χ4v) is 1.70. The average molecular weight is 272 g/mol. The van der Waals surface area contributed by atoms with Crippen LogP contribution in [0.4, 0.5) is 5.95 Å². The second-order valence-electron chi connectivity index (χ2n) is 3.65. The summed E-state index contributed by atoms with van der Waals surface area (Å²) in [5, 5.41) is 3.21. The lowest BCUT2D eigenvalue weighted by Gasteiger charge is -2.09. The molecular formula is C10H16N4OS2. The Bertz CT molecular complexity index is 425. The molecule has 1 heterocycles. The fraction of sp³-hybridized carbons (Fsp3) is 0.500. The molecule has 0 amide bonds. The normalized spacial score (nSPS) is 14.0. The van der Waals surface area contributed by atoms with Gasteiger partial charge >= 0.3 is 0 Å². The molecule has 0 aliphatic rings. The summed E-state index contributed by atoms with van der Waals surface area (Å²) in [7, 11) is -0.802. The highest BCUT2D eigenvalue weighted by molar-refractivity contribution is 7.84. The van der Waals surface area contributed by atoms with Crippen LogP contribution in [-0.2, 0) is 10.8 Å². The number of nitrogens with two attached hydrogens (primary N) is 1. The minimum absolute atomic E-state index is 0.154. The van der Waals surface area contributed by atoms with Crippen LogP contribution in [0, 0.1) is 0 Å². The minimum Gasteiger partial charge on any atom is -0.388 e. The Morgan fingerprint density at radius 1 is 1.71 bits per heavy atom. The van der Waals surface area contributed by atoms with E-state index in [-0.39, 0.29) is 10.2 Å². The topological polar surface area (TPSA) is 80.9 Å². The van der Waals surface area contributed by atoms with Gasteiger partial charge in [0.1, 0.15) is 10.7 Å². The number of nitrogens with zero attached hydrogens (tertiary/aromatic N) is 2. The van der Waals surface area contributed by atoms with Gasteiger partial charge in [-0.15, -0.1) is 0 Å². The molecule has 0 aliphatic heterocycles. The first-order valence-corrected chi connectivity index (χ1v) is 7.22. The number of aromatic nitrogens is 2. The van der Waals surface area contributed by atoms with E-state index in [0.29, 0.717) is 18.2 Å². The van der Waals surface area contributed by atoms with Crippen molar-refractivity contribution in [3.63, 3.8) is 0 Å². The zero-order chi connectivity index (χ0) is 12.8. The van der Waals surface area contributed by atoms with Crippen molar-refractivity contribution in [2.45, 2.75) is 18.6 Å². The summed E-state index contributed by atoms with van der Waals surface area (Å²) in [6.07, 6.45) is 4.10. The molecule has 3 N–H and O–H groups in total. The largest absolute Gasteiger partial charge is 0.388 e. The Balaban J connectivity index is 2.49. The molecule has 0 spiro atoms. The molecule has 0 saturated carbocycles. The molecular weight excluding hydrogens is 256 g/mol. The van der Waals surface area contributed by atoms with Crippen LogP contribution in [0.15, 0.2) is 12.3 Å². The summed E-state index contributed by atoms with van der Waals surface area (Å²) >= 11 is 4.83. The smallest absolute Gasteiger partial charge is 0.223 e. The van der Waals surface area contributed by atoms with Gasteiger partial charge in [-0.05, 0) is 12.5 Å². The van der Waals surface area contributed by atoms with Crippen molar-refractivity contribution in [1.82, 2.24) is 9.97 Å². The number of thiocarbonyl (C=S) groups is 1. The third-order valence-corrected chi connectivity index (χ3v) is 3.89. The maximum absolute atomic E-state index is 11.1. The summed E-state index contributed by atoms with van der Waals surface area (Å²) in [4.78, 5) is 8.45. The SMILES string of the molecule is CC(CCNc1nccc(C(N)=S)n1)S(C)=O. The van der Waals surface area contributed by atoms with Crippen molar-refractivity contribution in [3.05, 3.63) is 18.0 Å². The Labute approximate surface area is 109 Å². The number of rotatable bonds is 6. The van der Waals surface area contributed by atoms with Crippen LogP contribution in [0.5, 0.6) is 0 Å². The maximum Gasteiger partial charge on any atom is 0.223 e. The summed E-state index contributed by atoms with van der Waals surface area (Å²) in [5.74, 6) is 0.490. The van der Waals surface area contributed by atoms with Gasteiger partial charge in [-0.25, -0.2) is 9.97 Å². The monoisotopic (exact) mass is 272 g/mol. The van der Waals surface area contributed by atoms with Crippen LogP contribution in [-0.4, -0.2) is 37.2 Å². The van der Waals surface area contributed by atoms with Gasteiger partial charge in [0.15, 0.2) is 0 Å². The maximum atomic E-state index is 11.1. The predicted molar refractivity (Wildman–Crippen MR) is 74.6 cm³/mol. The molecule has 2 atom stereocenters. The van der Waals surface area contributed by atoms with Crippen molar-refractivity contribution in [2.75, 3.05) is 18.1 Å². The predicted octanol–water partition coefficient (Wildman–Crippen LogP) is 0.680. The van der Waals surface area contributed by atoms with Gasteiger partial charge in [-0.2, -0.15) is 0 Å². The van der Waals surface area contributed by atoms with Crippen LogP contribution in [0.25, 0.3) is 0 Å². The minimum atomic E-state index is -0.802. The van der Waals surface area contributed by atoms with Crippen LogP contribution in [0.1, 0.15) is 19.0 Å². The molecule has 0 aromatic carbocycles. The van der Waals surface area contributed by atoms with Crippen molar-refractivity contribution in [3.8, 4) is 0 Å². The lowest BCUT2D eigenvalue weighted by atomic mass is 10.3. The second kappa shape index (κ2) is 6.61. The molecule has 17 heavy (non-hydrogen) atoms. The van der Waals surface area contributed by atoms with E-state index in [1.54, 1.807) is 18.5 Å². The van der Waals surface area contributed by atoms with Gasteiger partial charge < -0.3 is 11.1 Å². The Morgan fingerprint density at radius 2 is 2.41 bits per heavy atom. The quantitative estimate of drug-likeness (QED) is 0.741. The molecule has 0 fully saturated rings. The van der Waals surface area contributed by atoms with Gasteiger partial charge in [-0.3, -0.25) is 4.21 Å². The van der Waals surface area contributed by atoms with Crippen molar-refractivity contribution >= 4 is 34.0 Å². The van der Waals surface area contributed by atoms with Gasteiger partial charge in [0.25, 0.3) is 0 Å². The van der Waals surface area contributed by atoms with Crippen LogP contribution in [0.3, 0.4) is 0 Å². The summed E-state index contributed by atoms with van der Waals surface area (Å²) in [6.45, 7) is 2.62. The fourth-order valence-electron chi connectivity index (χ4n) is 1.13. The van der Waals surface area contributed by atoms with Gasteiger partial charge in [0.2, 0.25) is 5.95 Å². The Morgan fingerprint density at radius 3 is 3.00 bits per heavy atom. The zero-order valence-electron chi connectivity index (χ0n) is 9.84. The first-order valence-electron chi connectivity index (χ1n) is 5.19. The van der Waals surface area contributed by atoms with E-state index in [9.17, 15) is 4.21 Å². The molecule has 94 valence electrons. The van der Waals surface area contributed by atoms with E-state index in [1.165, 1.54) is 0 Å². The molecule has 1 aromatic heterocycles. The lowest BCUT2D eigenvalue weighted by molar-refractivity contribution is 0.672. The first-order chi connectivity index (χ1) is 8.00. The second-order valence-corrected chi connectivity index (χ2v) is 5.90. The Hall–Kier alpha value is -1.08. The standard InChI is InChI=1S/C10H16N4OS2/c1-7(17(2)15)3-5-12-10-13-6-4-8(14-10)9(11)16/h4,6-7H,3,5H2,1-2H3,(H2,11,16)(H,12,13,14). The third kappa shape index (κ3) is 4.74. The molecule has 0 bridgehead atoms. The zero-order valence-corrected chi connectivity index (χ0v) is 11.5. The van der Waals surface area contributed by atoms with Gasteiger partial charge in [0, 0.05) is 35.0 Å². The summed E-state index contributed by atoms with van der Waals surface area (Å²) < 4.78 is 11.1. The van der Waals surface area contributed by atoms with E-state index in [0.717, 1.165) is 6.42 Å².